The van der Waals surface area contributed by atoms with E-state index >= 15 is 0 Å². The monoisotopic (exact) mass is 287 g/mol. The number of hydrogen-bond donors (Lipinski definition) is 2. The summed E-state index contributed by atoms with van der Waals surface area (Å²) in [5.74, 6) is 0.129. The minimum absolute atomic E-state index is 0.132. The molecule has 0 aliphatic heterocycles. The number of amides is 1. The first-order valence-corrected chi connectivity index (χ1v) is 7.60. The van der Waals surface area contributed by atoms with Crippen LogP contribution in [0.5, 0.6) is 0 Å². The zero-order chi connectivity index (χ0) is 14.7. The molecule has 2 N–H and O–H groups in total. The van der Waals surface area contributed by atoms with Gasteiger partial charge in [-0.3, -0.25) is 4.79 Å². The molecule has 0 radical (unpaired) electrons. The number of carbonyl (C=O) groups is 1. The van der Waals surface area contributed by atoms with Crippen LogP contribution in [0.2, 0.25) is 0 Å². The average molecular weight is 287 g/mol. The van der Waals surface area contributed by atoms with Crippen LogP contribution in [-0.2, 0) is 0 Å². The van der Waals surface area contributed by atoms with Gasteiger partial charge in [0.05, 0.1) is 6.61 Å². The van der Waals surface area contributed by atoms with Crippen LogP contribution in [0.15, 0.2) is 34.7 Å². The third-order valence-corrected chi connectivity index (χ3v) is 4.52. The van der Waals surface area contributed by atoms with Gasteiger partial charge in [0.1, 0.15) is 5.58 Å². The molecule has 0 spiro atoms. The Balaban J connectivity index is 1.68. The molecule has 21 heavy (non-hydrogen) atoms. The van der Waals surface area contributed by atoms with Crippen LogP contribution in [0, 0.1) is 5.41 Å². The molecule has 4 heteroatoms. The predicted octanol–water partition coefficient (Wildman–Crippen LogP) is 3.11. The summed E-state index contributed by atoms with van der Waals surface area (Å²) in [7, 11) is 0. The van der Waals surface area contributed by atoms with Gasteiger partial charge < -0.3 is 14.8 Å². The van der Waals surface area contributed by atoms with Gasteiger partial charge in [0.25, 0.3) is 5.91 Å². The van der Waals surface area contributed by atoms with Gasteiger partial charge in [0, 0.05) is 17.3 Å². The van der Waals surface area contributed by atoms with E-state index in [2.05, 4.69) is 5.32 Å². The van der Waals surface area contributed by atoms with Crippen molar-refractivity contribution in [2.75, 3.05) is 13.2 Å². The number of fused-ring (bicyclic) bond motifs is 1. The van der Waals surface area contributed by atoms with Gasteiger partial charge in [-0.2, -0.15) is 0 Å². The molecule has 4 nitrogen and oxygen atoms in total. The van der Waals surface area contributed by atoms with E-state index in [4.69, 9.17) is 4.42 Å². The smallest absolute Gasteiger partial charge is 0.287 e. The summed E-state index contributed by atoms with van der Waals surface area (Å²) in [6.45, 7) is 0.646. The lowest BCUT2D eigenvalue weighted by Crippen LogP contribution is -2.41. The van der Waals surface area contributed by atoms with Crippen molar-refractivity contribution in [1.82, 2.24) is 5.32 Å². The fraction of sp³-hybridized carbons (Fsp3) is 0.471. The van der Waals surface area contributed by atoms with E-state index in [1.54, 1.807) is 6.07 Å². The fourth-order valence-corrected chi connectivity index (χ4v) is 3.14. The molecule has 0 atom stereocenters. The Morgan fingerprint density at radius 3 is 2.71 bits per heavy atom. The number of carbonyl (C=O) groups excluding carboxylic acids is 1. The van der Waals surface area contributed by atoms with E-state index in [9.17, 15) is 9.90 Å². The van der Waals surface area contributed by atoms with Crippen LogP contribution in [0.4, 0.5) is 0 Å². The number of rotatable bonds is 4. The number of para-hydroxylation sites is 1. The van der Waals surface area contributed by atoms with E-state index in [0.29, 0.717) is 12.3 Å². The summed E-state index contributed by atoms with van der Waals surface area (Å²) < 4.78 is 5.56. The summed E-state index contributed by atoms with van der Waals surface area (Å²) in [4.78, 5) is 12.2. The minimum atomic E-state index is -0.204. The maximum absolute atomic E-state index is 12.2. The van der Waals surface area contributed by atoms with Crippen LogP contribution in [0.3, 0.4) is 0 Å². The maximum atomic E-state index is 12.2. The molecule has 1 aliphatic rings. The second-order valence-electron chi connectivity index (χ2n) is 6.05. The summed E-state index contributed by atoms with van der Waals surface area (Å²) >= 11 is 0. The molecule has 3 rings (SSSR count). The number of aliphatic hydroxyl groups excluding tert-OH is 1. The Bertz CT molecular complexity index is 593. The van der Waals surface area contributed by atoms with E-state index in [-0.39, 0.29) is 17.9 Å². The van der Waals surface area contributed by atoms with Gasteiger partial charge in [-0.1, -0.05) is 37.5 Å². The highest BCUT2D eigenvalue weighted by atomic mass is 16.3. The molecule has 1 heterocycles. The molecule has 1 amide bonds. The van der Waals surface area contributed by atoms with Gasteiger partial charge in [0.2, 0.25) is 0 Å². The average Bonchev–Trinajstić information content (AvgIpc) is 2.97. The van der Waals surface area contributed by atoms with Gasteiger partial charge in [-0.25, -0.2) is 0 Å². The fourth-order valence-electron chi connectivity index (χ4n) is 3.14. The first-order valence-electron chi connectivity index (χ1n) is 7.60. The Morgan fingerprint density at radius 1 is 1.24 bits per heavy atom. The van der Waals surface area contributed by atoms with Crippen molar-refractivity contribution in [3.05, 3.63) is 36.1 Å². The normalized spacial score (nSPS) is 17.8. The van der Waals surface area contributed by atoms with Gasteiger partial charge in [-0.05, 0) is 25.0 Å². The number of aliphatic hydroxyl groups is 1. The minimum Gasteiger partial charge on any atom is -0.451 e. The van der Waals surface area contributed by atoms with Crippen LogP contribution >= 0.6 is 0 Å². The predicted molar refractivity (Wildman–Crippen MR) is 81.2 cm³/mol. The highest BCUT2D eigenvalue weighted by molar-refractivity contribution is 5.96. The number of benzene rings is 1. The first-order chi connectivity index (χ1) is 10.2. The van der Waals surface area contributed by atoms with E-state index in [0.717, 1.165) is 36.7 Å². The van der Waals surface area contributed by atoms with Crippen LogP contribution in [0.25, 0.3) is 11.0 Å². The molecular weight excluding hydrogens is 266 g/mol. The molecule has 1 saturated carbocycles. The molecular formula is C17H21NO3. The SMILES string of the molecule is O=C(NCC1(CO)CCCCC1)c1cc2ccccc2o1. The zero-order valence-electron chi connectivity index (χ0n) is 12.1. The first kappa shape index (κ1) is 14.1. The van der Waals surface area contributed by atoms with Gasteiger partial charge in [0.15, 0.2) is 5.76 Å². The molecule has 2 aromatic rings. The Kier molecular flexibility index (Phi) is 3.97. The van der Waals surface area contributed by atoms with E-state index in [1.165, 1.54) is 6.42 Å². The summed E-state index contributed by atoms with van der Waals surface area (Å²) in [5.41, 5.74) is 0.567. The zero-order valence-corrected chi connectivity index (χ0v) is 12.1. The van der Waals surface area contributed by atoms with Crippen molar-refractivity contribution in [3.8, 4) is 0 Å². The molecule has 1 aliphatic carbocycles. The highest BCUT2D eigenvalue weighted by Crippen LogP contribution is 2.35. The third kappa shape index (κ3) is 2.95. The van der Waals surface area contributed by atoms with Crippen molar-refractivity contribution >= 4 is 16.9 Å². The Morgan fingerprint density at radius 2 is 2.00 bits per heavy atom. The topological polar surface area (TPSA) is 62.5 Å². The second kappa shape index (κ2) is 5.90. The van der Waals surface area contributed by atoms with Crippen LogP contribution in [-0.4, -0.2) is 24.2 Å². The van der Waals surface area contributed by atoms with Crippen molar-refractivity contribution in [2.45, 2.75) is 32.1 Å². The third-order valence-electron chi connectivity index (χ3n) is 4.52. The summed E-state index contributed by atoms with van der Waals surface area (Å²) in [6, 6.07) is 9.34. The van der Waals surface area contributed by atoms with E-state index in [1.807, 2.05) is 24.3 Å². The second-order valence-corrected chi connectivity index (χ2v) is 6.05. The van der Waals surface area contributed by atoms with Crippen LogP contribution < -0.4 is 5.32 Å². The van der Waals surface area contributed by atoms with Gasteiger partial charge >= 0.3 is 0 Å². The molecule has 0 unspecified atom stereocenters. The van der Waals surface area contributed by atoms with Crippen LogP contribution in [0.1, 0.15) is 42.7 Å². The largest absolute Gasteiger partial charge is 0.451 e. The summed E-state index contributed by atoms with van der Waals surface area (Å²) in [6.07, 6.45) is 5.43. The van der Waals surface area contributed by atoms with Gasteiger partial charge in [-0.15, -0.1) is 0 Å². The molecule has 0 saturated heterocycles. The Hall–Kier alpha value is -1.81. The lowest BCUT2D eigenvalue weighted by molar-refractivity contribution is 0.0705. The lowest BCUT2D eigenvalue weighted by Gasteiger charge is -2.35. The highest BCUT2D eigenvalue weighted by Gasteiger charge is 2.32. The van der Waals surface area contributed by atoms with Crippen molar-refractivity contribution < 1.29 is 14.3 Å². The summed E-state index contributed by atoms with van der Waals surface area (Å²) in [5, 5.41) is 13.5. The quantitative estimate of drug-likeness (QED) is 0.908. The number of hydrogen-bond acceptors (Lipinski definition) is 3. The van der Waals surface area contributed by atoms with Crippen molar-refractivity contribution in [2.24, 2.45) is 5.41 Å². The lowest BCUT2D eigenvalue weighted by atomic mass is 9.74. The molecule has 1 aromatic carbocycles. The molecule has 112 valence electrons. The molecule has 1 fully saturated rings. The standard InChI is InChI=1S/C17H21NO3/c19-12-17(8-4-1-5-9-17)11-18-16(20)15-10-13-6-2-3-7-14(13)21-15/h2-3,6-7,10,19H,1,4-5,8-9,11-12H2,(H,18,20). The number of furan rings is 1. The molecule has 0 bridgehead atoms. The number of nitrogens with one attached hydrogen (secondary N) is 1. The molecule has 1 aromatic heterocycles. The van der Waals surface area contributed by atoms with Crippen molar-refractivity contribution in [1.29, 1.82) is 0 Å². The maximum Gasteiger partial charge on any atom is 0.287 e. The van der Waals surface area contributed by atoms with E-state index < -0.39 is 0 Å². The Labute approximate surface area is 124 Å². The van der Waals surface area contributed by atoms with Crippen molar-refractivity contribution in [3.63, 3.8) is 0 Å².